The number of halogens is 18. The highest BCUT2D eigenvalue weighted by molar-refractivity contribution is 8.06. The molecule has 0 aliphatic rings. The normalized spacial score (nSPS) is 13.8. The molecule has 0 atom stereocenters. The van der Waals surface area contributed by atoms with E-state index in [9.17, 15) is 130 Å². The van der Waals surface area contributed by atoms with E-state index in [-0.39, 0.29) is 0 Å². The summed E-state index contributed by atoms with van der Waals surface area (Å²) >= 11 is 0. The lowest BCUT2D eigenvalue weighted by Gasteiger charge is -2.11. The zero-order valence-corrected chi connectivity index (χ0v) is 39.8. The number of nitrogens with one attached hydrogen (secondary N) is 3. The predicted molar refractivity (Wildman–Crippen MR) is 200 cm³/mol. The molecule has 0 spiro atoms. The maximum atomic E-state index is 11.5. The molecule has 3 N–H and O–H groups in total. The summed E-state index contributed by atoms with van der Waals surface area (Å²) < 4.78 is 338. The maximum absolute atomic E-state index is 11.5. The van der Waals surface area contributed by atoms with E-state index < -0.39 is 106 Å². The van der Waals surface area contributed by atoms with Gasteiger partial charge in [-0.05, 0) is 34.9 Å². The molecule has 72 heavy (non-hydrogen) atoms. The van der Waals surface area contributed by atoms with Gasteiger partial charge < -0.3 is 0 Å². The van der Waals surface area contributed by atoms with Gasteiger partial charge in [-0.1, -0.05) is 12.4 Å². The first kappa shape index (κ1) is 65.2. The third kappa shape index (κ3) is 19.2. The molecule has 0 fully saturated rings. The molecule has 0 aliphatic carbocycles. The summed E-state index contributed by atoms with van der Waals surface area (Å²) in [5, 5.41) is 0. The Balaban J connectivity index is 0.000000505. The lowest BCUT2D eigenvalue weighted by molar-refractivity contribution is -0.671. The van der Waals surface area contributed by atoms with Crippen molar-refractivity contribution in [2.75, 3.05) is 0 Å². The molecule has 21 nitrogen and oxygen atoms in total. The summed E-state index contributed by atoms with van der Waals surface area (Å²) in [5.74, 6) is 0. The van der Waals surface area contributed by atoms with Crippen molar-refractivity contribution < 1.29 is 143 Å². The second kappa shape index (κ2) is 22.3. The Morgan fingerprint density at radius 3 is 0.611 bits per heavy atom. The largest absolute Gasteiger partial charge is 0.512 e. The van der Waals surface area contributed by atoms with Crippen LogP contribution in [-0.4, -0.2) is 97.3 Å². The van der Waals surface area contributed by atoms with Crippen molar-refractivity contribution in [3.63, 3.8) is 0 Å². The van der Waals surface area contributed by atoms with Gasteiger partial charge in [-0.25, -0.2) is 77.9 Å². The number of hydrogen-bond donors (Lipinski definition) is 3. The van der Waals surface area contributed by atoms with Crippen LogP contribution in [0.1, 0.15) is 16.7 Å². The van der Waals surface area contributed by atoms with Gasteiger partial charge in [-0.15, -0.1) is 0 Å². The molecule has 0 bridgehead atoms. The lowest BCUT2D eigenvalue weighted by Crippen LogP contribution is -2.45. The Kier molecular flexibility index (Phi) is 20.2. The van der Waals surface area contributed by atoms with E-state index in [1.807, 2.05) is 0 Å². The Labute approximate surface area is 393 Å². The number of benzene rings is 1. The van der Waals surface area contributed by atoms with Crippen molar-refractivity contribution in [2.24, 2.45) is 21.1 Å². The van der Waals surface area contributed by atoms with Crippen molar-refractivity contribution in [2.45, 2.75) is 52.7 Å². The van der Waals surface area contributed by atoms with Gasteiger partial charge >= 0.3 is 93.2 Å². The molecule has 4 aromatic rings. The minimum atomic E-state index is -6.60. The van der Waals surface area contributed by atoms with Crippen LogP contribution in [-0.2, 0) is 101 Å². The standard InChI is InChI=1S/C21H27N6.3C2HF6NO4S2/c1-22-4-7-25(16-22)13-19-10-20(14-26-8-5-23(2)17-26)12-21(11-19)15-27-9-6-24(3)18-27;3*3-1(4,5)14(10,11)9-15(12,13)2(6,7)8/h4-12,16-18H,13-15H2,1-3H3;3*9H/q+3;;;. The number of nitrogens with zero attached hydrogens (tertiary/aromatic N) is 6. The zero-order chi connectivity index (χ0) is 56.9. The van der Waals surface area contributed by atoms with E-state index in [2.05, 4.69) is 123 Å². The number of aromatic nitrogens is 6. The molecule has 0 unspecified atom stereocenters. The van der Waals surface area contributed by atoms with E-state index in [1.165, 1.54) is 16.7 Å². The van der Waals surface area contributed by atoms with Crippen molar-refractivity contribution in [1.82, 2.24) is 26.1 Å². The smallest absolute Gasteiger partial charge is 0.240 e. The molecule has 0 saturated heterocycles. The molecule has 4 rings (SSSR count). The quantitative estimate of drug-likeness (QED) is 0.135. The zero-order valence-electron chi connectivity index (χ0n) is 34.9. The molecule has 414 valence electrons. The fraction of sp³-hybridized carbons (Fsp3) is 0.444. The average molecular weight is 1210 g/mol. The predicted octanol–water partition coefficient (Wildman–Crippen LogP) is 1.54. The van der Waals surface area contributed by atoms with Gasteiger partial charge in [0.15, 0.2) is 0 Å². The minimum absolute atomic E-state index is 0.493. The summed E-state index contributed by atoms with van der Waals surface area (Å²) in [6.45, 7) is 2.63. The maximum Gasteiger partial charge on any atom is 0.512 e. The molecule has 3 aromatic heterocycles. The van der Waals surface area contributed by atoms with Crippen LogP contribution in [0.15, 0.2) is 74.4 Å². The molecule has 0 amide bonds. The fourth-order valence-corrected chi connectivity index (χ4v) is 9.98. The highest BCUT2D eigenvalue weighted by Crippen LogP contribution is 2.30. The monoisotopic (exact) mass is 1210 g/mol. The van der Waals surface area contributed by atoms with Crippen LogP contribution < -0.4 is 26.1 Å². The number of rotatable bonds is 12. The summed E-state index contributed by atoms with van der Waals surface area (Å²) in [4.78, 5) is 0. The molecule has 0 aliphatic heterocycles. The molecule has 0 radical (unpaired) electrons. The van der Waals surface area contributed by atoms with Gasteiger partial charge in [0.05, 0.1) is 21.1 Å². The number of aryl methyl sites for hydroxylation is 3. The van der Waals surface area contributed by atoms with Gasteiger partial charge in [0.25, 0.3) is 0 Å². The summed E-state index contributed by atoms with van der Waals surface area (Å²) in [7, 11) is -33.4. The van der Waals surface area contributed by atoms with Gasteiger partial charge in [-0.3, -0.25) is 0 Å². The number of hydrogen-bond acceptors (Lipinski definition) is 12. The summed E-state index contributed by atoms with van der Waals surface area (Å²) in [5.41, 5.74) is -32.9. The van der Waals surface area contributed by atoms with Crippen molar-refractivity contribution in [3.8, 4) is 0 Å². The second-order valence-corrected chi connectivity index (χ2v) is 24.2. The Morgan fingerprint density at radius 1 is 0.347 bits per heavy atom. The van der Waals surface area contributed by atoms with Gasteiger partial charge in [0.2, 0.25) is 19.0 Å². The van der Waals surface area contributed by atoms with E-state index in [4.69, 9.17) is 0 Å². The lowest BCUT2D eigenvalue weighted by atomic mass is 10.0. The van der Waals surface area contributed by atoms with E-state index in [1.54, 1.807) is 0 Å². The van der Waals surface area contributed by atoms with Crippen LogP contribution in [0.2, 0.25) is 0 Å². The first-order valence-corrected chi connectivity index (χ1v) is 25.9. The van der Waals surface area contributed by atoms with Crippen LogP contribution in [0.4, 0.5) is 79.0 Å². The van der Waals surface area contributed by atoms with Crippen LogP contribution >= 0.6 is 0 Å². The first-order valence-electron chi connectivity index (χ1n) is 17.0. The second-order valence-electron chi connectivity index (χ2n) is 13.4. The van der Waals surface area contributed by atoms with Gasteiger partial charge in [-0.2, -0.15) is 79.0 Å². The third-order valence-electron chi connectivity index (χ3n) is 7.17. The molecule has 3 heterocycles. The highest BCUT2D eigenvalue weighted by Gasteiger charge is 2.57. The van der Waals surface area contributed by atoms with Gasteiger partial charge in [0, 0.05) is 0 Å². The highest BCUT2D eigenvalue weighted by atomic mass is 32.3. The molecular formula is C27H30F18N9O12S6+3. The van der Waals surface area contributed by atoms with Crippen LogP contribution in [0.5, 0.6) is 0 Å². The molecule has 45 heteroatoms. The number of sulfonamides is 6. The number of imidazole rings is 3. The molecular weight excluding hydrogens is 1180 g/mol. The summed E-state index contributed by atoms with van der Waals surface area (Å²) in [6, 6.07) is 6.96. The topological polar surface area (TPSA) is 267 Å². The Hall–Kier alpha value is -4.83. The molecule has 0 saturated carbocycles. The van der Waals surface area contributed by atoms with Gasteiger partial charge in [0.1, 0.15) is 56.8 Å². The number of alkyl halides is 18. The minimum Gasteiger partial charge on any atom is -0.240 e. The van der Waals surface area contributed by atoms with Crippen molar-refractivity contribution in [3.05, 3.63) is 91.1 Å². The van der Waals surface area contributed by atoms with Crippen LogP contribution in [0, 0.1) is 0 Å². The van der Waals surface area contributed by atoms with Crippen molar-refractivity contribution >= 4 is 60.1 Å². The summed E-state index contributed by atoms with van der Waals surface area (Å²) in [6.07, 6.45) is 18.9. The van der Waals surface area contributed by atoms with E-state index in [0.717, 1.165) is 19.6 Å². The Bertz CT molecular complexity index is 2720. The van der Waals surface area contributed by atoms with Crippen LogP contribution in [0.25, 0.3) is 0 Å². The van der Waals surface area contributed by atoms with E-state index >= 15 is 0 Å². The fourth-order valence-electron chi connectivity index (χ4n) is 4.25. The SMILES string of the molecule is C[n+]1ccn(Cc2cc(Cn3cc[n+](C)c3)cc(Cn3cc[n+](C)c3)c2)c1.O=S(=O)(NS(=O)(=O)C(F)(F)F)C(F)(F)F.O=S(=O)(NS(=O)(=O)C(F)(F)F)C(F)(F)F.O=S(=O)(NS(=O)(=O)C(F)(F)F)C(F)(F)F. The average Bonchev–Trinajstić information content (AvgIpc) is 3.85. The van der Waals surface area contributed by atoms with Crippen molar-refractivity contribution in [1.29, 1.82) is 0 Å². The third-order valence-corrected chi connectivity index (χ3v) is 16.1. The molecule has 1 aromatic carbocycles. The van der Waals surface area contributed by atoms with Crippen LogP contribution in [0.3, 0.4) is 0 Å². The first-order chi connectivity index (χ1) is 31.7. The Morgan fingerprint density at radius 2 is 0.500 bits per heavy atom. The van der Waals surface area contributed by atoms with E-state index in [0.29, 0.717) is 0 Å².